The van der Waals surface area contributed by atoms with Crippen molar-refractivity contribution in [2.45, 2.75) is 33.8 Å². The summed E-state index contributed by atoms with van der Waals surface area (Å²) in [6, 6.07) is 9.87. The molecule has 0 saturated heterocycles. The molecule has 1 unspecified atom stereocenters. The lowest BCUT2D eigenvalue weighted by molar-refractivity contribution is 0.224. The summed E-state index contributed by atoms with van der Waals surface area (Å²) in [6.45, 7) is 10.8. The Morgan fingerprint density at radius 2 is 1.85 bits per heavy atom. The van der Waals surface area contributed by atoms with Crippen LogP contribution in [-0.2, 0) is 0 Å². The second-order valence-corrected chi connectivity index (χ2v) is 5.24. The van der Waals surface area contributed by atoms with E-state index in [9.17, 15) is 0 Å². The number of benzene rings is 1. The SMILES string of the molecule is CCNC(=NCC(C)C)NCC(C)Oc1ccccc1. The van der Waals surface area contributed by atoms with Crippen molar-refractivity contribution in [3.8, 4) is 5.75 Å². The smallest absolute Gasteiger partial charge is 0.191 e. The lowest BCUT2D eigenvalue weighted by Gasteiger charge is -2.17. The van der Waals surface area contributed by atoms with Crippen LogP contribution in [0.1, 0.15) is 27.7 Å². The van der Waals surface area contributed by atoms with Gasteiger partial charge in [0.1, 0.15) is 11.9 Å². The van der Waals surface area contributed by atoms with Crippen LogP contribution >= 0.6 is 0 Å². The summed E-state index contributed by atoms with van der Waals surface area (Å²) < 4.78 is 5.82. The maximum absolute atomic E-state index is 5.82. The maximum Gasteiger partial charge on any atom is 0.191 e. The molecule has 0 amide bonds. The van der Waals surface area contributed by atoms with Crippen molar-refractivity contribution >= 4 is 5.96 Å². The summed E-state index contributed by atoms with van der Waals surface area (Å²) in [7, 11) is 0. The van der Waals surface area contributed by atoms with Crippen LogP contribution in [-0.4, -0.2) is 31.7 Å². The van der Waals surface area contributed by atoms with E-state index in [2.05, 4.69) is 36.4 Å². The number of para-hydroxylation sites is 1. The number of rotatable bonds is 7. The average Bonchev–Trinajstić information content (AvgIpc) is 2.43. The van der Waals surface area contributed by atoms with E-state index in [0.717, 1.165) is 31.3 Å². The molecule has 0 saturated carbocycles. The van der Waals surface area contributed by atoms with Crippen LogP contribution in [0.5, 0.6) is 5.75 Å². The van der Waals surface area contributed by atoms with Crippen LogP contribution in [0.2, 0.25) is 0 Å². The van der Waals surface area contributed by atoms with E-state index in [1.165, 1.54) is 0 Å². The fourth-order valence-corrected chi connectivity index (χ4v) is 1.63. The standard InChI is InChI=1S/C16H27N3O/c1-5-17-16(18-11-13(2)3)19-12-14(4)20-15-9-7-6-8-10-15/h6-10,13-14H,5,11-12H2,1-4H3,(H2,17,18,19). The molecule has 1 aromatic carbocycles. The summed E-state index contributed by atoms with van der Waals surface area (Å²) in [5.41, 5.74) is 0. The van der Waals surface area contributed by atoms with Crippen molar-refractivity contribution < 1.29 is 4.74 Å². The number of nitrogens with zero attached hydrogens (tertiary/aromatic N) is 1. The van der Waals surface area contributed by atoms with Gasteiger partial charge in [-0.1, -0.05) is 32.0 Å². The van der Waals surface area contributed by atoms with E-state index in [-0.39, 0.29) is 6.10 Å². The minimum atomic E-state index is 0.0836. The zero-order valence-corrected chi connectivity index (χ0v) is 13.0. The second-order valence-electron chi connectivity index (χ2n) is 5.24. The molecule has 0 aliphatic heterocycles. The fourth-order valence-electron chi connectivity index (χ4n) is 1.63. The van der Waals surface area contributed by atoms with E-state index in [4.69, 9.17) is 4.74 Å². The third-order valence-corrected chi connectivity index (χ3v) is 2.60. The number of nitrogens with one attached hydrogen (secondary N) is 2. The quantitative estimate of drug-likeness (QED) is 0.595. The van der Waals surface area contributed by atoms with Gasteiger partial charge >= 0.3 is 0 Å². The molecular formula is C16H27N3O. The zero-order valence-electron chi connectivity index (χ0n) is 13.0. The van der Waals surface area contributed by atoms with Gasteiger partial charge in [-0.25, -0.2) is 0 Å². The Hall–Kier alpha value is -1.71. The van der Waals surface area contributed by atoms with Gasteiger partial charge in [-0.15, -0.1) is 0 Å². The van der Waals surface area contributed by atoms with Gasteiger partial charge in [0.15, 0.2) is 5.96 Å². The molecule has 0 heterocycles. The summed E-state index contributed by atoms with van der Waals surface area (Å²) in [5, 5.41) is 6.55. The molecule has 1 aromatic rings. The fraction of sp³-hybridized carbons (Fsp3) is 0.562. The van der Waals surface area contributed by atoms with Crippen LogP contribution in [0, 0.1) is 5.92 Å². The first-order chi connectivity index (χ1) is 9.61. The minimum absolute atomic E-state index is 0.0836. The van der Waals surface area contributed by atoms with Crippen molar-refractivity contribution in [3.05, 3.63) is 30.3 Å². The molecule has 0 aliphatic rings. The Kier molecular flexibility index (Phi) is 7.55. The Labute approximate surface area is 122 Å². The molecule has 0 spiro atoms. The third kappa shape index (κ3) is 7.02. The van der Waals surface area contributed by atoms with Gasteiger partial charge in [0.05, 0.1) is 6.54 Å². The van der Waals surface area contributed by atoms with Gasteiger partial charge < -0.3 is 15.4 Å². The summed E-state index contributed by atoms with van der Waals surface area (Å²) in [5.74, 6) is 2.30. The molecule has 20 heavy (non-hydrogen) atoms. The highest BCUT2D eigenvalue weighted by atomic mass is 16.5. The minimum Gasteiger partial charge on any atom is -0.489 e. The first-order valence-corrected chi connectivity index (χ1v) is 7.35. The maximum atomic E-state index is 5.82. The molecule has 4 nitrogen and oxygen atoms in total. The lowest BCUT2D eigenvalue weighted by Crippen LogP contribution is -2.42. The van der Waals surface area contributed by atoms with Crippen LogP contribution in [0.15, 0.2) is 35.3 Å². The average molecular weight is 277 g/mol. The molecule has 0 radical (unpaired) electrons. The monoisotopic (exact) mass is 277 g/mol. The Morgan fingerprint density at radius 3 is 2.45 bits per heavy atom. The second kappa shape index (κ2) is 9.23. The number of aliphatic imine (C=N–C) groups is 1. The number of hydrogen-bond acceptors (Lipinski definition) is 2. The molecule has 0 bridgehead atoms. The molecule has 0 fully saturated rings. The highest BCUT2D eigenvalue weighted by molar-refractivity contribution is 5.79. The van der Waals surface area contributed by atoms with Crippen LogP contribution < -0.4 is 15.4 Å². The summed E-state index contributed by atoms with van der Waals surface area (Å²) >= 11 is 0. The van der Waals surface area contributed by atoms with Crippen molar-refractivity contribution in [2.75, 3.05) is 19.6 Å². The first-order valence-electron chi connectivity index (χ1n) is 7.35. The third-order valence-electron chi connectivity index (χ3n) is 2.60. The van der Waals surface area contributed by atoms with Crippen molar-refractivity contribution in [1.82, 2.24) is 10.6 Å². The van der Waals surface area contributed by atoms with E-state index >= 15 is 0 Å². The molecule has 1 atom stereocenters. The van der Waals surface area contributed by atoms with Crippen LogP contribution in [0.3, 0.4) is 0 Å². The van der Waals surface area contributed by atoms with Crippen molar-refractivity contribution in [2.24, 2.45) is 10.9 Å². The summed E-state index contributed by atoms with van der Waals surface area (Å²) in [4.78, 5) is 4.53. The Bertz CT molecular complexity index is 390. The predicted octanol–water partition coefficient (Wildman–Crippen LogP) is 2.67. The highest BCUT2D eigenvalue weighted by Gasteiger charge is 2.05. The van der Waals surface area contributed by atoms with Gasteiger partial charge in [-0.2, -0.15) is 0 Å². The molecule has 112 valence electrons. The van der Waals surface area contributed by atoms with Gasteiger partial charge in [0.25, 0.3) is 0 Å². The van der Waals surface area contributed by atoms with E-state index in [0.29, 0.717) is 5.92 Å². The lowest BCUT2D eigenvalue weighted by atomic mass is 10.2. The van der Waals surface area contributed by atoms with Crippen LogP contribution in [0.4, 0.5) is 0 Å². The largest absolute Gasteiger partial charge is 0.489 e. The molecule has 0 aliphatic carbocycles. The molecule has 0 aromatic heterocycles. The number of hydrogen-bond donors (Lipinski definition) is 2. The number of ether oxygens (including phenoxy) is 1. The molecular weight excluding hydrogens is 250 g/mol. The highest BCUT2D eigenvalue weighted by Crippen LogP contribution is 2.10. The van der Waals surface area contributed by atoms with E-state index in [1.54, 1.807) is 0 Å². The van der Waals surface area contributed by atoms with Crippen LogP contribution in [0.25, 0.3) is 0 Å². The normalized spacial score (nSPS) is 13.2. The van der Waals surface area contributed by atoms with E-state index in [1.807, 2.05) is 37.3 Å². The topological polar surface area (TPSA) is 45.7 Å². The zero-order chi connectivity index (χ0) is 14.8. The van der Waals surface area contributed by atoms with Gasteiger partial charge in [-0.05, 0) is 31.9 Å². The summed E-state index contributed by atoms with van der Waals surface area (Å²) in [6.07, 6.45) is 0.0836. The van der Waals surface area contributed by atoms with E-state index < -0.39 is 0 Å². The molecule has 1 rings (SSSR count). The van der Waals surface area contributed by atoms with Crippen molar-refractivity contribution in [1.29, 1.82) is 0 Å². The molecule has 4 heteroatoms. The number of guanidine groups is 1. The molecule has 2 N–H and O–H groups in total. The van der Waals surface area contributed by atoms with Gasteiger partial charge in [0, 0.05) is 13.1 Å². The van der Waals surface area contributed by atoms with Gasteiger partial charge in [0.2, 0.25) is 0 Å². The Morgan fingerprint density at radius 1 is 1.15 bits per heavy atom. The van der Waals surface area contributed by atoms with Gasteiger partial charge in [-0.3, -0.25) is 4.99 Å². The van der Waals surface area contributed by atoms with Crippen molar-refractivity contribution in [3.63, 3.8) is 0 Å². The first kappa shape index (κ1) is 16.3. The Balaban J connectivity index is 2.40. The predicted molar refractivity (Wildman–Crippen MR) is 85.4 cm³/mol.